The van der Waals surface area contributed by atoms with Crippen LogP contribution in [0.4, 0.5) is 0 Å². The van der Waals surface area contributed by atoms with E-state index in [-0.39, 0.29) is 11.9 Å². The molecule has 140 valence electrons. The van der Waals surface area contributed by atoms with E-state index >= 15 is 0 Å². The van der Waals surface area contributed by atoms with E-state index in [0.717, 1.165) is 5.56 Å². The lowest BCUT2D eigenvalue weighted by Gasteiger charge is -2.37. The first-order chi connectivity index (χ1) is 13.0. The molecule has 1 aliphatic heterocycles. The summed E-state index contributed by atoms with van der Waals surface area (Å²) in [5, 5.41) is 10.7. The van der Waals surface area contributed by atoms with Gasteiger partial charge in [-0.1, -0.05) is 35.3 Å². The molecule has 5 nitrogen and oxygen atoms in total. The summed E-state index contributed by atoms with van der Waals surface area (Å²) in [6.45, 7) is 2.24. The number of methoxy groups -OCH3 is 1. The molecule has 0 aliphatic carbocycles. The van der Waals surface area contributed by atoms with E-state index in [1.54, 1.807) is 29.2 Å². The van der Waals surface area contributed by atoms with Gasteiger partial charge in [-0.15, -0.1) is 0 Å². The van der Waals surface area contributed by atoms with Crippen molar-refractivity contribution in [2.24, 2.45) is 0 Å². The molecule has 1 saturated heterocycles. The highest BCUT2D eigenvalue weighted by Crippen LogP contribution is 2.27. The van der Waals surface area contributed by atoms with Crippen LogP contribution in [0.25, 0.3) is 0 Å². The predicted octanol–water partition coefficient (Wildman–Crippen LogP) is 4.02. The molecule has 1 aliphatic rings. The minimum absolute atomic E-state index is 0.120. The number of halogens is 2. The molecular formula is C20H19Cl2N3O2. The first-order valence-corrected chi connectivity index (χ1v) is 9.31. The number of amides is 1. The molecule has 7 heteroatoms. The molecule has 0 radical (unpaired) electrons. The van der Waals surface area contributed by atoms with Crippen molar-refractivity contribution in [3.8, 4) is 11.8 Å². The number of nitrogens with zero attached hydrogens (tertiary/aromatic N) is 3. The molecule has 2 aromatic rings. The van der Waals surface area contributed by atoms with Gasteiger partial charge in [-0.3, -0.25) is 9.69 Å². The summed E-state index contributed by atoms with van der Waals surface area (Å²) in [4.78, 5) is 16.7. The Hall–Kier alpha value is -2.26. The van der Waals surface area contributed by atoms with Crippen LogP contribution in [0, 0.1) is 11.3 Å². The number of hydrogen-bond donors (Lipinski definition) is 0. The van der Waals surface area contributed by atoms with Gasteiger partial charge in [0.2, 0.25) is 0 Å². The number of benzene rings is 2. The highest BCUT2D eigenvalue weighted by Gasteiger charge is 2.28. The topological polar surface area (TPSA) is 56.6 Å². The lowest BCUT2D eigenvalue weighted by Crippen LogP contribution is -2.49. The fourth-order valence-electron chi connectivity index (χ4n) is 3.24. The third-order valence-corrected chi connectivity index (χ3v) is 5.12. The van der Waals surface area contributed by atoms with Crippen LogP contribution in [0.1, 0.15) is 22.0 Å². The standard InChI is InChI=1S/C20H19Cl2N3O2/c1-27-19-6-5-16(22)12-17(19)20(26)25-9-7-24(8-10-25)18(13-23)14-3-2-4-15(21)11-14/h2-6,11-12,18H,7-10H2,1H3. The van der Waals surface area contributed by atoms with Crippen LogP contribution in [-0.2, 0) is 0 Å². The van der Waals surface area contributed by atoms with E-state index < -0.39 is 0 Å². The van der Waals surface area contributed by atoms with E-state index in [1.165, 1.54) is 7.11 Å². The summed E-state index contributed by atoms with van der Waals surface area (Å²) in [6.07, 6.45) is 0. The lowest BCUT2D eigenvalue weighted by atomic mass is 10.1. The van der Waals surface area contributed by atoms with Crippen molar-refractivity contribution in [3.63, 3.8) is 0 Å². The van der Waals surface area contributed by atoms with Gasteiger partial charge < -0.3 is 9.64 Å². The number of carbonyl (C=O) groups excluding carboxylic acids is 1. The fraction of sp³-hybridized carbons (Fsp3) is 0.300. The molecule has 1 atom stereocenters. The van der Waals surface area contributed by atoms with Crippen molar-refractivity contribution < 1.29 is 9.53 Å². The number of piperazine rings is 1. The van der Waals surface area contributed by atoms with Gasteiger partial charge in [-0.2, -0.15) is 5.26 Å². The highest BCUT2D eigenvalue weighted by atomic mass is 35.5. The monoisotopic (exact) mass is 403 g/mol. The largest absolute Gasteiger partial charge is 0.496 e. The van der Waals surface area contributed by atoms with Gasteiger partial charge in [0.25, 0.3) is 5.91 Å². The summed E-state index contributed by atoms with van der Waals surface area (Å²) in [6, 6.07) is 14.3. The summed E-state index contributed by atoms with van der Waals surface area (Å²) >= 11 is 12.1. The summed E-state index contributed by atoms with van der Waals surface area (Å²) in [5.74, 6) is 0.380. The van der Waals surface area contributed by atoms with Gasteiger partial charge in [0.1, 0.15) is 11.8 Å². The van der Waals surface area contributed by atoms with Crippen molar-refractivity contribution >= 4 is 29.1 Å². The molecule has 0 saturated carbocycles. The quantitative estimate of drug-likeness (QED) is 0.773. The zero-order valence-electron chi connectivity index (χ0n) is 14.9. The number of ether oxygens (including phenoxy) is 1. The normalized spacial score (nSPS) is 15.9. The third kappa shape index (κ3) is 4.36. The number of rotatable bonds is 4. The molecule has 1 unspecified atom stereocenters. The first-order valence-electron chi connectivity index (χ1n) is 8.55. The molecular weight excluding hydrogens is 385 g/mol. The number of carbonyl (C=O) groups is 1. The SMILES string of the molecule is COc1ccc(Cl)cc1C(=O)N1CCN(C(C#N)c2cccc(Cl)c2)CC1. The van der Waals surface area contributed by atoms with Crippen molar-refractivity contribution in [2.75, 3.05) is 33.3 Å². The Labute approximate surface area is 168 Å². The number of hydrogen-bond acceptors (Lipinski definition) is 4. The second-order valence-electron chi connectivity index (χ2n) is 6.26. The molecule has 2 aromatic carbocycles. The van der Waals surface area contributed by atoms with Gasteiger partial charge >= 0.3 is 0 Å². The van der Waals surface area contributed by atoms with Crippen LogP contribution in [0.2, 0.25) is 10.0 Å². The van der Waals surface area contributed by atoms with Crippen LogP contribution in [0.5, 0.6) is 5.75 Å². The average Bonchev–Trinajstić information content (AvgIpc) is 2.68. The van der Waals surface area contributed by atoms with Gasteiger partial charge in [0.15, 0.2) is 0 Å². The van der Waals surface area contributed by atoms with Crippen molar-refractivity contribution in [1.29, 1.82) is 5.26 Å². The fourth-order valence-corrected chi connectivity index (χ4v) is 3.62. The second kappa shape index (κ2) is 8.62. The molecule has 27 heavy (non-hydrogen) atoms. The highest BCUT2D eigenvalue weighted by molar-refractivity contribution is 6.31. The average molecular weight is 404 g/mol. The Balaban J connectivity index is 1.71. The van der Waals surface area contributed by atoms with Crippen LogP contribution in [-0.4, -0.2) is 49.0 Å². The minimum atomic E-state index is -0.387. The lowest BCUT2D eigenvalue weighted by molar-refractivity contribution is 0.0603. The molecule has 1 fully saturated rings. The maximum Gasteiger partial charge on any atom is 0.257 e. The Morgan fingerprint density at radius 3 is 2.44 bits per heavy atom. The second-order valence-corrected chi connectivity index (χ2v) is 7.13. The van der Waals surface area contributed by atoms with E-state index in [0.29, 0.717) is 47.5 Å². The van der Waals surface area contributed by atoms with Crippen molar-refractivity contribution in [1.82, 2.24) is 9.80 Å². The van der Waals surface area contributed by atoms with Gasteiger partial charge in [0, 0.05) is 36.2 Å². The van der Waals surface area contributed by atoms with Crippen LogP contribution >= 0.6 is 23.2 Å². The smallest absolute Gasteiger partial charge is 0.257 e. The maximum atomic E-state index is 12.9. The van der Waals surface area contributed by atoms with E-state index in [1.807, 2.05) is 18.2 Å². The van der Waals surface area contributed by atoms with Crippen molar-refractivity contribution in [2.45, 2.75) is 6.04 Å². The van der Waals surface area contributed by atoms with E-state index in [2.05, 4.69) is 11.0 Å². The Kier molecular flexibility index (Phi) is 6.22. The molecule has 0 bridgehead atoms. The first kappa shape index (κ1) is 19.5. The maximum absolute atomic E-state index is 12.9. The number of nitriles is 1. The minimum Gasteiger partial charge on any atom is -0.496 e. The van der Waals surface area contributed by atoms with Crippen LogP contribution in [0.15, 0.2) is 42.5 Å². The van der Waals surface area contributed by atoms with Gasteiger partial charge in [-0.25, -0.2) is 0 Å². The summed E-state index contributed by atoms with van der Waals surface area (Å²) < 4.78 is 5.29. The van der Waals surface area contributed by atoms with E-state index in [4.69, 9.17) is 27.9 Å². The Bertz CT molecular complexity index is 874. The molecule has 3 rings (SSSR count). The molecule has 0 N–H and O–H groups in total. The van der Waals surface area contributed by atoms with E-state index in [9.17, 15) is 10.1 Å². The Morgan fingerprint density at radius 2 is 1.81 bits per heavy atom. The molecule has 0 spiro atoms. The molecule has 0 aromatic heterocycles. The zero-order chi connectivity index (χ0) is 19.4. The van der Waals surface area contributed by atoms with Crippen LogP contribution < -0.4 is 4.74 Å². The zero-order valence-corrected chi connectivity index (χ0v) is 16.4. The molecule has 1 heterocycles. The van der Waals surface area contributed by atoms with Gasteiger partial charge in [0.05, 0.1) is 18.7 Å². The van der Waals surface area contributed by atoms with Gasteiger partial charge in [-0.05, 0) is 35.9 Å². The third-order valence-electron chi connectivity index (χ3n) is 4.65. The van der Waals surface area contributed by atoms with Crippen molar-refractivity contribution in [3.05, 3.63) is 63.6 Å². The summed E-state index contributed by atoms with van der Waals surface area (Å²) in [7, 11) is 1.53. The molecule has 1 amide bonds. The summed E-state index contributed by atoms with van der Waals surface area (Å²) in [5.41, 5.74) is 1.31. The van der Waals surface area contributed by atoms with Crippen LogP contribution in [0.3, 0.4) is 0 Å². The Morgan fingerprint density at radius 1 is 1.11 bits per heavy atom. The predicted molar refractivity (Wildman–Crippen MR) is 105 cm³/mol.